The maximum Gasteiger partial charge on any atom is 0.339 e. The van der Waals surface area contributed by atoms with Crippen molar-refractivity contribution < 1.29 is 19.1 Å². The molecule has 6 nitrogen and oxygen atoms in total. The van der Waals surface area contributed by atoms with Crippen LogP contribution in [0.1, 0.15) is 67.3 Å². The van der Waals surface area contributed by atoms with Crippen LogP contribution in [-0.2, 0) is 4.79 Å². The number of fused-ring (bicyclic) bond motifs is 2. The lowest BCUT2D eigenvalue weighted by atomic mass is 9.66. The van der Waals surface area contributed by atoms with Gasteiger partial charge in [-0.1, -0.05) is 43.2 Å². The predicted molar refractivity (Wildman–Crippen MR) is 139 cm³/mol. The fourth-order valence-corrected chi connectivity index (χ4v) is 6.22. The third-order valence-electron chi connectivity index (χ3n) is 8.47. The van der Waals surface area contributed by atoms with Crippen LogP contribution in [0.2, 0.25) is 0 Å². The smallest absolute Gasteiger partial charge is 0.339 e. The van der Waals surface area contributed by atoms with Crippen molar-refractivity contribution in [2.75, 3.05) is 6.54 Å². The van der Waals surface area contributed by atoms with Gasteiger partial charge in [0.2, 0.25) is 0 Å². The van der Waals surface area contributed by atoms with E-state index in [9.17, 15) is 14.7 Å². The number of piperidine rings is 1. The third-order valence-corrected chi connectivity index (χ3v) is 8.47. The number of ether oxygens (including phenoxy) is 1. The Kier molecular flexibility index (Phi) is 6.41. The summed E-state index contributed by atoms with van der Waals surface area (Å²) < 4.78 is 11.8. The lowest BCUT2D eigenvalue weighted by molar-refractivity contribution is -0.161. The molecule has 3 aromatic rings. The van der Waals surface area contributed by atoms with Crippen molar-refractivity contribution in [2.45, 2.75) is 77.5 Å². The van der Waals surface area contributed by atoms with E-state index >= 15 is 0 Å². The SMILES string of the molecule is Cc1c(C)c2ccc(O[C@@H](C)C(=O)N3CC[C@]4(O)CCCC[C@H]4[C@@H]3c3ccccc3)c(C)c2oc1=O. The molecule has 0 spiro atoms. The van der Waals surface area contributed by atoms with Gasteiger partial charge < -0.3 is 19.2 Å². The van der Waals surface area contributed by atoms with Crippen molar-refractivity contribution >= 4 is 16.9 Å². The number of carbonyl (C=O) groups excluding carboxylic acids is 1. The molecular formula is C30H35NO5. The molecule has 0 radical (unpaired) electrons. The number of amides is 1. The summed E-state index contributed by atoms with van der Waals surface area (Å²) in [5.41, 5.74) is 2.64. The van der Waals surface area contributed by atoms with Crippen LogP contribution < -0.4 is 10.4 Å². The molecule has 1 saturated carbocycles. The number of carbonyl (C=O) groups is 1. The van der Waals surface area contributed by atoms with E-state index in [1.165, 1.54) is 0 Å². The van der Waals surface area contributed by atoms with Gasteiger partial charge in [-0.25, -0.2) is 4.79 Å². The monoisotopic (exact) mass is 489 g/mol. The molecule has 36 heavy (non-hydrogen) atoms. The van der Waals surface area contributed by atoms with E-state index in [1.54, 1.807) is 13.8 Å². The highest BCUT2D eigenvalue weighted by atomic mass is 16.5. The van der Waals surface area contributed by atoms with Gasteiger partial charge in [-0.2, -0.15) is 0 Å². The molecule has 0 bridgehead atoms. The Hall–Kier alpha value is -3.12. The summed E-state index contributed by atoms with van der Waals surface area (Å²) >= 11 is 0. The highest BCUT2D eigenvalue weighted by molar-refractivity contribution is 5.86. The quantitative estimate of drug-likeness (QED) is 0.498. The molecule has 6 heteroatoms. The zero-order valence-corrected chi connectivity index (χ0v) is 21.5. The van der Waals surface area contributed by atoms with E-state index in [0.717, 1.165) is 42.2 Å². The first-order chi connectivity index (χ1) is 17.2. The molecule has 1 N–H and O–H groups in total. The molecule has 0 unspecified atom stereocenters. The van der Waals surface area contributed by atoms with Gasteiger partial charge in [-0.3, -0.25) is 4.79 Å². The van der Waals surface area contributed by atoms with E-state index in [2.05, 4.69) is 12.1 Å². The second-order valence-corrected chi connectivity index (χ2v) is 10.6. The van der Waals surface area contributed by atoms with Gasteiger partial charge in [0.25, 0.3) is 5.91 Å². The van der Waals surface area contributed by atoms with Crippen LogP contribution in [0.5, 0.6) is 5.75 Å². The summed E-state index contributed by atoms with van der Waals surface area (Å²) in [6, 6.07) is 13.6. The number of hydrogen-bond acceptors (Lipinski definition) is 5. The lowest BCUT2D eigenvalue weighted by Gasteiger charge is -2.53. The van der Waals surface area contributed by atoms with Gasteiger partial charge in [-0.05, 0) is 70.2 Å². The predicted octanol–water partition coefficient (Wildman–Crippen LogP) is 5.38. The van der Waals surface area contributed by atoms with E-state index in [4.69, 9.17) is 9.15 Å². The highest BCUT2D eigenvalue weighted by Gasteiger charge is 2.50. The van der Waals surface area contributed by atoms with Crippen molar-refractivity contribution in [1.29, 1.82) is 0 Å². The molecule has 1 aliphatic carbocycles. The average Bonchev–Trinajstić information content (AvgIpc) is 2.88. The van der Waals surface area contributed by atoms with Crippen LogP contribution >= 0.6 is 0 Å². The van der Waals surface area contributed by atoms with E-state index < -0.39 is 11.7 Å². The third kappa shape index (κ3) is 4.11. The normalized spacial score (nSPS) is 24.9. The molecule has 4 atom stereocenters. The molecule has 1 aromatic heterocycles. The van der Waals surface area contributed by atoms with E-state index in [1.807, 2.05) is 49.1 Å². The minimum absolute atomic E-state index is 0.00134. The number of benzene rings is 2. The minimum Gasteiger partial charge on any atom is -0.480 e. The molecule has 2 aliphatic rings. The zero-order chi connectivity index (χ0) is 25.6. The van der Waals surface area contributed by atoms with Crippen LogP contribution in [0.25, 0.3) is 11.0 Å². The van der Waals surface area contributed by atoms with Crippen molar-refractivity contribution in [1.82, 2.24) is 4.90 Å². The molecule has 2 heterocycles. The first-order valence-electron chi connectivity index (χ1n) is 13.0. The second-order valence-electron chi connectivity index (χ2n) is 10.6. The van der Waals surface area contributed by atoms with Gasteiger partial charge >= 0.3 is 5.63 Å². The topological polar surface area (TPSA) is 80.0 Å². The molecular weight excluding hydrogens is 454 g/mol. The Balaban J connectivity index is 1.45. The summed E-state index contributed by atoms with van der Waals surface area (Å²) in [6.07, 6.45) is 3.62. The second kappa shape index (κ2) is 9.40. The minimum atomic E-state index is -0.736. The van der Waals surface area contributed by atoms with E-state index in [0.29, 0.717) is 35.4 Å². The number of aryl methyl sites for hydroxylation is 2. The summed E-state index contributed by atoms with van der Waals surface area (Å²) in [5.74, 6) is 0.427. The zero-order valence-electron chi connectivity index (χ0n) is 21.5. The van der Waals surface area contributed by atoms with Gasteiger partial charge in [0.15, 0.2) is 6.10 Å². The summed E-state index contributed by atoms with van der Waals surface area (Å²) in [6.45, 7) is 7.78. The Morgan fingerprint density at radius 1 is 1.06 bits per heavy atom. The van der Waals surface area contributed by atoms with Crippen molar-refractivity contribution in [2.24, 2.45) is 5.92 Å². The molecule has 190 valence electrons. The van der Waals surface area contributed by atoms with Gasteiger partial charge in [-0.15, -0.1) is 0 Å². The summed E-state index contributed by atoms with van der Waals surface area (Å²) in [4.78, 5) is 28.0. The number of nitrogens with zero attached hydrogens (tertiary/aromatic N) is 1. The molecule has 1 saturated heterocycles. The average molecular weight is 490 g/mol. The van der Waals surface area contributed by atoms with Crippen LogP contribution in [0, 0.1) is 26.7 Å². The van der Waals surface area contributed by atoms with Crippen LogP contribution in [-0.4, -0.2) is 34.2 Å². The van der Waals surface area contributed by atoms with Gasteiger partial charge in [0.05, 0.1) is 11.6 Å². The summed E-state index contributed by atoms with van der Waals surface area (Å²) in [5, 5.41) is 12.4. The maximum atomic E-state index is 13.8. The largest absolute Gasteiger partial charge is 0.480 e. The van der Waals surface area contributed by atoms with Gasteiger partial charge in [0, 0.05) is 29.0 Å². The lowest BCUT2D eigenvalue weighted by Crippen LogP contribution is -2.58. The van der Waals surface area contributed by atoms with Crippen molar-refractivity contribution in [3.05, 3.63) is 75.1 Å². The molecule has 5 rings (SSSR count). The first-order valence-corrected chi connectivity index (χ1v) is 13.0. The van der Waals surface area contributed by atoms with Crippen molar-refractivity contribution in [3.8, 4) is 5.75 Å². The standard InChI is InChI=1S/C30H35NO5/c1-18-19(2)29(33)36-27-20(3)25(14-13-23(18)27)35-21(4)28(32)31-17-16-30(34)15-9-8-12-24(30)26(31)22-10-6-5-7-11-22/h5-7,10-11,13-14,21,24,26,34H,8-9,12,15-17H2,1-4H3/t21-,24-,26-,30+/m0/s1. The van der Waals surface area contributed by atoms with E-state index in [-0.39, 0.29) is 23.5 Å². The Morgan fingerprint density at radius 3 is 2.56 bits per heavy atom. The fraction of sp³-hybridized carbons (Fsp3) is 0.467. The fourth-order valence-electron chi connectivity index (χ4n) is 6.22. The highest BCUT2D eigenvalue weighted by Crippen LogP contribution is 2.49. The Bertz CT molecular complexity index is 1350. The Labute approximate surface area is 211 Å². The molecule has 2 fully saturated rings. The number of rotatable bonds is 4. The first kappa shape index (κ1) is 24.6. The maximum absolute atomic E-state index is 13.8. The van der Waals surface area contributed by atoms with Crippen LogP contribution in [0.3, 0.4) is 0 Å². The van der Waals surface area contributed by atoms with Crippen LogP contribution in [0.15, 0.2) is 51.7 Å². The van der Waals surface area contributed by atoms with Crippen molar-refractivity contribution in [3.63, 3.8) is 0 Å². The number of likely N-dealkylation sites (tertiary alicyclic amines) is 1. The number of aliphatic hydroxyl groups is 1. The summed E-state index contributed by atoms with van der Waals surface area (Å²) in [7, 11) is 0. The van der Waals surface area contributed by atoms with Crippen LogP contribution in [0.4, 0.5) is 0 Å². The molecule has 2 aromatic carbocycles. The molecule has 1 aliphatic heterocycles. The number of hydrogen-bond donors (Lipinski definition) is 1. The molecule has 1 amide bonds. The Morgan fingerprint density at radius 2 is 1.81 bits per heavy atom. The van der Waals surface area contributed by atoms with Gasteiger partial charge in [0.1, 0.15) is 11.3 Å².